The molecule has 0 bridgehead atoms. The van der Waals surface area contributed by atoms with Gasteiger partial charge in [0.05, 0.1) is 0 Å². The molecule has 0 amide bonds. The van der Waals surface area contributed by atoms with Gasteiger partial charge in [-0.15, -0.1) is 0 Å². The summed E-state index contributed by atoms with van der Waals surface area (Å²) < 4.78 is 1.16. The standard InChI is InChI=1S/C17H18BrN/c1-12-16(18)6-3-7-17(12)19-11-13-4-2-5-15(10-13)14-8-9-14/h2-7,10,14,19H,8-9,11H2,1H3. The topological polar surface area (TPSA) is 12.0 Å². The summed E-state index contributed by atoms with van der Waals surface area (Å²) in [5, 5.41) is 3.53. The van der Waals surface area contributed by atoms with Gasteiger partial charge in [-0.25, -0.2) is 0 Å². The molecule has 0 saturated heterocycles. The zero-order valence-electron chi connectivity index (χ0n) is 11.1. The van der Waals surface area contributed by atoms with Crippen LogP contribution in [0.5, 0.6) is 0 Å². The average molecular weight is 316 g/mol. The minimum absolute atomic E-state index is 0.826. The summed E-state index contributed by atoms with van der Waals surface area (Å²) in [6.45, 7) is 3.02. The van der Waals surface area contributed by atoms with E-state index < -0.39 is 0 Å². The lowest BCUT2D eigenvalue weighted by Crippen LogP contribution is -2.01. The fraction of sp³-hybridized carbons (Fsp3) is 0.294. The Morgan fingerprint density at radius 3 is 2.74 bits per heavy atom. The second-order valence-corrected chi connectivity index (χ2v) is 6.14. The van der Waals surface area contributed by atoms with E-state index in [4.69, 9.17) is 0 Å². The molecule has 98 valence electrons. The molecule has 3 rings (SSSR count). The molecular weight excluding hydrogens is 298 g/mol. The number of hydrogen-bond acceptors (Lipinski definition) is 1. The molecule has 0 atom stereocenters. The third kappa shape index (κ3) is 3.01. The minimum Gasteiger partial charge on any atom is -0.381 e. The van der Waals surface area contributed by atoms with Crippen molar-refractivity contribution in [2.75, 3.05) is 5.32 Å². The SMILES string of the molecule is Cc1c(Br)cccc1NCc1cccc(C2CC2)c1. The van der Waals surface area contributed by atoms with Crippen molar-refractivity contribution in [3.05, 3.63) is 63.6 Å². The van der Waals surface area contributed by atoms with Gasteiger partial charge in [0.2, 0.25) is 0 Å². The van der Waals surface area contributed by atoms with Gasteiger partial charge in [-0.2, -0.15) is 0 Å². The largest absolute Gasteiger partial charge is 0.381 e. The summed E-state index contributed by atoms with van der Waals surface area (Å²) in [6.07, 6.45) is 2.73. The molecular formula is C17H18BrN. The van der Waals surface area contributed by atoms with E-state index in [2.05, 4.69) is 70.6 Å². The lowest BCUT2D eigenvalue weighted by Gasteiger charge is -2.11. The molecule has 19 heavy (non-hydrogen) atoms. The van der Waals surface area contributed by atoms with Crippen molar-refractivity contribution in [3.63, 3.8) is 0 Å². The van der Waals surface area contributed by atoms with Crippen LogP contribution in [0.4, 0.5) is 5.69 Å². The average Bonchev–Trinajstić information content (AvgIpc) is 3.25. The Hall–Kier alpha value is -1.28. The van der Waals surface area contributed by atoms with Crippen molar-refractivity contribution < 1.29 is 0 Å². The van der Waals surface area contributed by atoms with Gasteiger partial charge >= 0.3 is 0 Å². The van der Waals surface area contributed by atoms with Crippen LogP contribution in [0.1, 0.15) is 35.4 Å². The van der Waals surface area contributed by atoms with E-state index >= 15 is 0 Å². The van der Waals surface area contributed by atoms with Crippen LogP contribution in [0.25, 0.3) is 0 Å². The van der Waals surface area contributed by atoms with E-state index in [1.165, 1.54) is 35.2 Å². The molecule has 1 fully saturated rings. The van der Waals surface area contributed by atoms with E-state index in [-0.39, 0.29) is 0 Å². The number of anilines is 1. The Bertz CT molecular complexity index is 588. The monoisotopic (exact) mass is 315 g/mol. The van der Waals surface area contributed by atoms with Crippen LogP contribution in [0, 0.1) is 6.92 Å². The highest BCUT2D eigenvalue weighted by Gasteiger charge is 2.23. The maximum absolute atomic E-state index is 3.57. The van der Waals surface area contributed by atoms with Gasteiger partial charge in [-0.1, -0.05) is 46.3 Å². The Labute approximate surface area is 123 Å². The Kier molecular flexibility index (Phi) is 3.61. The van der Waals surface area contributed by atoms with Crippen molar-refractivity contribution >= 4 is 21.6 Å². The van der Waals surface area contributed by atoms with Gasteiger partial charge in [0.15, 0.2) is 0 Å². The van der Waals surface area contributed by atoms with E-state index in [0.29, 0.717) is 0 Å². The molecule has 0 heterocycles. The van der Waals surface area contributed by atoms with Crippen LogP contribution < -0.4 is 5.32 Å². The molecule has 0 radical (unpaired) electrons. The summed E-state index contributed by atoms with van der Waals surface area (Å²) in [5.41, 5.74) is 5.33. The molecule has 2 heteroatoms. The van der Waals surface area contributed by atoms with Crippen molar-refractivity contribution in [1.82, 2.24) is 0 Å². The van der Waals surface area contributed by atoms with Gasteiger partial charge in [-0.3, -0.25) is 0 Å². The second kappa shape index (κ2) is 5.38. The molecule has 1 nitrogen and oxygen atoms in total. The quantitative estimate of drug-likeness (QED) is 0.812. The normalized spacial score (nSPS) is 14.4. The first-order valence-corrected chi connectivity index (χ1v) is 7.61. The van der Waals surface area contributed by atoms with Gasteiger partial charge in [0.1, 0.15) is 0 Å². The van der Waals surface area contributed by atoms with Gasteiger partial charge in [0, 0.05) is 16.7 Å². The lowest BCUT2D eigenvalue weighted by atomic mass is 10.1. The van der Waals surface area contributed by atoms with Crippen LogP contribution >= 0.6 is 15.9 Å². The fourth-order valence-corrected chi connectivity index (χ4v) is 2.74. The highest BCUT2D eigenvalue weighted by Crippen LogP contribution is 2.40. The Morgan fingerprint density at radius 2 is 1.95 bits per heavy atom. The molecule has 1 N–H and O–H groups in total. The highest BCUT2D eigenvalue weighted by atomic mass is 79.9. The van der Waals surface area contributed by atoms with Gasteiger partial charge in [0.25, 0.3) is 0 Å². The smallest absolute Gasteiger partial charge is 0.0400 e. The van der Waals surface area contributed by atoms with Crippen LogP contribution in [0.2, 0.25) is 0 Å². The molecule has 0 aromatic heterocycles. The van der Waals surface area contributed by atoms with E-state index in [0.717, 1.165) is 16.9 Å². The maximum Gasteiger partial charge on any atom is 0.0400 e. The van der Waals surface area contributed by atoms with E-state index in [1.54, 1.807) is 0 Å². The summed E-state index contributed by atoms with van der Waals surface area (Å²) in [4.78, 5) is 0. The molecule has 1 saturated carbocycles. The number of benzene rings is 2. The predicted molar refractivity (Wildman–Crippen MR) is 84.6 cm³/mol. The zero-order valence-corrected chi connectivity index (χ0v) is 12.7. The van der Waals surface area contributed by atoms with Crippen molar-refractivity contribution in [2.45, 2.75) is 32.2 Å². The third-order valence-electron chi connectivity index (χ3n) is 3.75. The predicted octanol–water partition coefficient (Wildman–Crippen LogP) is 5.25. The first-order valence-electron chi connectivity index (χ1n) is 6.82. The number of nitrogens with one attached hydrogen (secondary N) is 1. The number of halogens is 1. The minimum atomic E-state index is 0.826. The highest BCUT2D eigenvalue weighted by molar-refractivity contribution is 9.10. The Balaban J connectivity index is 1.71. The van der Waals surface area contributed by atoms with Crippen molar-refractivity contribution in [1.29, 1.82) is 0 Å². The first kappa shape index (κ1) is 12.7. The Morgan fingerprint density at radius 1 is 1.16 bits per heavy atom. The van der Waals surface area contributed by atoms with Gasteiger partial charge in [-0.05, 0) is 54.5 Å². The molecule has 0 spiro atoms. The molecule has 2 aromatic rings. The summed E-state index contributed by atoms with van der Waals surface area (Å²) in [6, 6.07) is 15.3. The molecule has 0 unspecified atom stereocenters. The lowest BCUT2D eigenvalue weighted by molar-refractivity contribution is 1.08. The van der Waals surface area contributed by atoms with Crippen molar-refractivity contribution in [3.8, 4) is 0 Å². The van der Waals surface area contributed by atoms with Crippen LogP contribution in [0.3, 0.4) is 0 Å². The maximum atomic E-state index is 3.57. The summed E-state index contributed by atoms with van der Waals surface area (Å²) in [5.74, 6) is 0.826. The number of rotatable bonds is 4. The third-order valence-corrected chi connectivity index (χ3v) is 4.61. The van der Waals surface area contributed by atoms with E-state index in [9.17, 15) is 0 Å². The zero-order chi connectivity index (χ0) is 13.2. The molecule has 2 aromatic carbocycles. The van der Waals surface area contributed by atoms with Crippen LogP contribution in [0.15, 0.2) is 46.9 Å². The number of hydrogen-bond donors (Lipinski definition) is 1. The van der Waals surface area contributed by atoms with Crippen molar-refractivity contribution in [2.24, 2.45) is 0 Å². The van der Waals surface area contributed by atoms with E-state index in [1.807, 2.05) is 0 Å². The second-order valence-electron chi connectivity index (χ2n) is 5.29. The fourth-order valence-electron chi connectivity index (χ4n) is 2.37. The first-order chi connectivity index (χ1) is 9.24. The molecule has 1 aliphatic carbocycles. The van der Waals surface area contributed by atoms with Gasteiger partial charge < -0.3 is 5.32 Å². The summed E-state index contributed by atoms with van der Waals surface area (Å²) >= 11 is 3.57. The molecule has 0 aliphatic heterocycles. The van der Waals surface area contributed by atoms with Crippen LogP contribution in [-0.4, -0.2) is 0 Å². The molecule has 1 aliphatic rings. The summed E-state index contributed by atoms with van der Waals surface area (Å²) in [7, 11) is 0. The van der Waals surface area contributed by atoms with Crippen LogP contribution in [-0.2, 0) is 6.54 Å².